The highest BCUT2D eigenvalue weighted by Gasteiger charge is 2.17. The van der Waals surface area contributed by atoms with Crippen molar-refractivity contribution in [2.24, 2.45) is 0 Å². The molecule has 0 spiro atoms. The molecule has 0 aliphatic rings. The number of nitrogens with one attached hydrogen (secondary N) is 2. The molecule has 0 saturated carbocycles. The van der Waals surface area contributed by atoms with E-state index in [2.05, 4.69) is 10.6 Å². The van der Waals surface area contributed by atoms with Crippen molar-refractivity contribution in [3.63, 3.8) is 0 Å². The average molecular weight is 487 g/mol. The first kappa shape index (κ1) is 25.0. The SMILES string of the molecule is CCOc1cc(NC(=O)c2ccccc2)c(OCC)cc1NC(=O)CSc1ccc(F)c(F)c1. The van der Waals surface area contributed by atoms with Gasteiger partial charge < -0.3 is 20.1 Å². The summed E-state index contributed by atoms with van der Waals surface area (Å²) in [6.07, 6.45) is 0. The van der Waals surface area contributed by atoms with Crippen molar-refractivity contribution in [2.75, 3.05) is 29.6 Å². The lowest BCUT2D eigenvalue weighted by Crippen LogP contribution is -2.16. The average Bonchev–Trinajstić information content (AvgIpc) is 2.83. The van der Waals surface area contributed by atoms with Gasteiger partial charge >= 0.3 is 0 Å². The molecule has 0 fully saturated rings. The number of halogens is 2. The number of hydrogen-bond acceptors (Lipinski definition) is 5. The third kappa shape index (κ3) is 6.71. The molecule has 3 rings (SSSR count). The van der Waals surface area contributed by atoms with E-state index in [4.69, 9.17) is 9.47 Å². The van der Waals surface area contributed by atoms with Gasteiger partial charge in [-0.2, -0.15) is 0 Å². The maximum absolute atomic E-state index is 13.4. The molecule has 2 amide bonds. The zero-order valence-corrected chi connectivity index (χ0v) is 19.5. The van der Waals surface area contributed by atoms with Crippen LogP contribution in [0.1, 0.15) is 24.2 Å². The Morgan fingerprint density at radius 1 is 0.824 bits per heavy atom. The molecule has 0 bridgehead atoms. The molecule has 3 aromatic rings. The van der Waals surface area contributed by atoms with Crippen LogP contribution in [0.4, 0.5) is 20.2 Å². The monoisotopic (exact) mass is 486 g/mol. The van der Waals surface area contributed by atoms with Gasteiger partial charge in [-0.1, -0.05) is 18.2 Å². The summed E-state index contributed by atoms with van der Waals surface area (Å²) in [5, 5.41) is 5.58. The van der Waals surface area contributed by atoms with E-state index in [1.807, 2.05) is 6.07 Å². The molecular formula is C25H24F2N2O4S. The number of anilines is 2. The molecule has 0 unspecified atom stereocenters. The fraction of sp³-hybridized carbons (Fsp3) is 0.200. The van der Waals surface area contributed by atoms with E-state index >= 15 is 0 Å². The molecule has 0 aromatic heterocycles. The van der Waals surface area contributed by atoms with Crippen LogP contribution < -0.4 is 20.1 Å². The highest BCUT2D eigenvalue weighted by Crippen LogP contribution is 2.37. The van der Waals surface area contributed by atoms with E-state index in [0.717, 1.165) is 23.9 Å². The fourth-order valence-electron chi connectivity index (χ4n) is 2.99. The molecule has 0 radical (unpaired) electrons. The normalized spacial score (nSPS) is 10.5. The van der Waals surface area contributed by atoms with Crippen molar-refractivity contribution in [3.05, 3.63) is 77.9 Å². The zero-order valence-electron chi connectivity index (χ0n) is 18.7. The second kappa shape index (κ2) is 12.0. The Hall–Kier alpha value is -3.59. The maximum atomic E-state index is 13.4. The van der Waals surface area contributed by atoms with Crippen LogP contribution in [0.3, 0.4) is 0 Å². The van der Waals surface area contributed by atoms with Gasteiger partial charge in [0.2, 0.25) is 5.91 Å². The smallest absolute Gasteiger partial charge is 0.255 e. The molecule has 34 heavy (non-hydrogen) atoms. The van der Waals surface area contributed by atoms with Crippen molar-refractivity contribution >= 4 is 35.0 Å². The minimum absolute atomic E-state index is 0.0346. The van der Waals surface area contributed by atoms with Gasteiger partial charge in [-0.15, -0.1) is 11.8 Å². The lowest BCUT2D eigenvalue weighted by atomic mass is 10.2. The van der Waals surface area contributed by atoms with Crippen molar-refractivity contribution in [1.29, 1.82) is 0 Å². The first-order chi connectivity index (χ1) is 16.4. The molecule has 9 heteroatoms. The summed E-state index contributed by atoms with van der Waals surface area (Å²) in [5.74, 6) is -1.94. The first-order valence-corrected chi connectivity index (χ1v) is 11.6. The second-order valence-corrected chi connectivity index (χ2v) is 7.99. The number of ether oxygens (including phenoxy) is 2. The molecule has 0 aliphatic heterocycles. The second-order valence-electron chi connectivity index (χ2n) is 6.94. The predicted octanol–water partition coefficient (Wildman–Crippen LogP) is 5.75. The van der Waals surface area contributed by atoms with Crippen LogP contribution in [-0.4, -0.2) is 30.8 Å². The minimum atomic E-state index is -0.974. The highest BCUT2D eigenvalue weighted by atomic mass is 32.2. The molecule has 178 valence electrons. The summed E-state index contributed by atoms with van der Waals surface area (Å²) in [4.78, 5) is 25.6. The maximum Gasteiger partial charge on any atom is 0.255 e. The summed E-state index contributed by atoms with van der Waals surface area (Å²) in [5.41, 5.74) is 1.24. The standard InChI is InChI=1S/C25H24F2N2O4S/c1-3-32-22-14-21(29-25(31)16-8-6-5-7-9-16)23(33-4-2)13-20(22)28-24(30)15-34-17-10-11-18(26)19(27)12-17/h5-14H,3-4,15H2,1-2H3,(H,28,30)(H,29,31). The number of benzene rings is 3. The minimum Gasteiger partial charge on any atom is -0.492 e. The van der Waals surface area contributed by atoms with Gasteiger partial charge in [0.05, 0.1) is 30.3 Å². The van der Waals surface area contributed by atoms with Crippen LogP contribution in [0.2, 0.25) is 0 Å². The molecule has 0 heterocycles. The van der Waals surface area contributed by atoms with Crippen molar-refractivity contribution in [1.82, 2.24) is 0 Å². The van der Waals surface area contributed by atoms with Gasteiger partial charge in [0.1, 0.15) is 11.5 Å². The van der Waals surface area contributed by atoms with Gasteiger partial charge in [0.25, 0.3) is 5.91 Å². The van der Waals surface area contributed by atoms with E-state index in [1.165, 1.54) is 6.07 Å². The van der Waals surface area contributed by atoms with Gasteiger partial charge in [0.15, 0.2) is 11.6 Å². The number of amides is 2. The molecule has 0 aliphatic carbocycles. The topological polar surface area (TPSA) is 76.7 Å². The number of thioether (sulfide) groups is 1. The molecule has 3 aromatic carbocycles. The van der Waals surface area contributed by atoms with Crippen LogP contribution >= 0.6 is 11.8 Å². The predicted molar refractivity (Wildman–Crippen MR) is 129 cm³/mol. The van der Waals surface area contributed by atoms with Crippen molar-refractivity contribution in [3.8, 4) is 11.5 Å². The molecule has 2 N–H and O–H groups in total. The number of carbonyl (C=O) groups is 2. The summed E-state index contributed by atoms with van der Waals surface area (Å²) >= 11 is 1.07. The molecule has 0 atom stereocenters. The lowest BCUT2D eigenvalue weighted by Gasteiger charge is -2.18. The summed E-state index contributed by atoms with van der Waals surface area (Å²) < 4.78 is 37.8. The lowest BCUT2D eigenvalue weighted by molar-refractivity contribution is -0.113. The Labute approximate surface area is 200 Å². The van der Waals surface area contributed by atoms with E-state index in [-0.39, 0.29) is 17.6 Å². The fourth-order valence-corrected chi connectivity index (χ4v) is 3.71. The Kier molecular flexibility index (Phi) is 8.86. The van der Waals surface area contributed by atoms with Crippen LogP contribution in [0.25, 0.3) is 0 Å². The highest BCUT2D eigenvalue weighted by molar-refractivity contribution is 8.00. The zero-order chi connectivity index (χ0) is 24.5. The van der Waals surface area contributed by atoms with Gasteiger partial charge in [-0.3, -0.25) is 9.59 Å². The van der Waals surface area contributed by atoms with Gasteiger partial charge in [-0.25, -0.2) is 8.78 Å². The number of hydrogen-bond donors (Lipinski definition) is 2. The first-order valence-electron chi connectivity index (χ1n) is 10.6. The van der Waals surface area contributed by atoms with E-state index < -0.39 is 11.6 Å². The van der Waals surface area contributed by atoms with E-state index in [9.17, 15) is 18.4 Å². The van der Waals surface area contributed by atoms with Gasteiger partial charge in [-0.05, 0) is 44.2 Å². The van der Waals surface area contributed by atoms with Crippen LogP contribution in [-0.2, 0) is 4.79 Å². The van der Waals surface area contributed by atoms with Crippen LogP contribution in [0.5, 0.6) is 11.5 Å². The Morgan fingerprint density at radius 3 is 2.03 bits per heavy atom. The Bertz CT molecular complexity index is 1160. The molecule has 6 nitrogen and oxygen atoms in total. The van der Waals surface area contributed by atoms with Crippen molar-refractivity contribution in [2.45, 2.75) is 18.7 Å². The summed E-state index contributed by atoms with van der Waals surface area (Å²) in [6, 6.07) is 15.4. The largest absolute Gasteiger partial charge is 0.492 e. The third-order valence-electron chi connectivity index (χ3n) is 4.50. The van der Waals surface area contributed by atoms with E-state index in [0.29, 0.717) is 46.5 Å². The van der Waals surface area contributed by atoms with Crippen molar-refractivity contribution < 1.29 is 27.8 Å². The summed E-state index contributed by atoms with van der Waals surface area (Å²) in [7, 11) is 0. The molecule has 0 saturated heterocycles. The van der Waals surface area contributed by atoms with Gasteiger partial charge in [0, 0.05) is 22.6 Å². The van der Waals surface area contributed by atoms with Crippen LogP contribution in [0.15, 0.2) is 65.6 Å². The van der Waals surface area contributed by atoms with E-state index in [1.54, 1.807) is 50.2 Å². The summed E-state index contributed by atoms with van der Waals surface area (Å²) in [6.45, 7) is 4.26. The quantitative estimate of drug-likeness (QED) is 0.357. The Morgan fingerprint density at radius 2 is 1.44 bits per heavy atom. The molecular weight excluding hydrogens is 462 g/mol. The number of rotatable bonds is 10. The van der Waals surface area contributed by atoms with Crippen LogP contribution in [0, 0.1) is 11.6 Å². The Balaban J connectivity index is 1.78. The third-order valence-corrected chi connectivity index (χ3v) is 5.49. The number of carbonyl (C=O) groups excluding carboxylic acids is 2.